The zero-order valence-electron chi connectivity index (χ0n) is 24.5. The molecule has 0 bridgehead atoms. The van der Waals surface area contributed by atoms with Crippen LogP contribution in [0.5, 0.6) is 0 Å². The molecular formula is C30H54NO7. The predicted molar refractivity (Wildman–Crippen MR) is 152 cm³/mol. The van der Waals surface area contributed by atoms with Gasteiger partial charge in [-0.2, -0.15) is 0 Å². The van der Waals surface area contributed by atoms with E-state index < -0.39 is 12.4 Å². The van der Waals surface area contributed by atoms with Gasteiger partial charge in [-0.05, 0) is 52.1 Å². The van der Waals surface area contributed by atoms with Crippen molar-refractivity contribution < 1.29 is 33.3 Å². The molecule has 0 heterocycles. The number of carbonyl (C=O) groups is 2. The third kappa shape index (κ3) is 23.2. The van der Waals surface area contributed by atoms with Crippen molar-refractivity contribution in [2.24, 2.45) is 5.92 Å². The second-order valence-electron chi connectivity index (χ2n) is 9.15. The van der Waals surface area contributed by atoms with Gasteiger partial charge < -0.3 is 28.6 Å². The quantitative estimate of drug-likeness (QED) is 0.0562. The van der Waals surface area contributed by atoms with Crippen molar-refractivity contribution >= 4 is 12.1 Å². The number of rotatable bonds is 25. The summed E-state index contributed by atoms with van der Waals surface area (Å²) in [5, 5.41) is 0. The Hall–Kier alpha value is -1.90. The van der Waals surface area contributed by atoms with E-state index in [9.17, 15) is 9.59 Å². The smallest absolute Gasteiger partial charge is 0.465 e. The SMILES string of the molecule is [CH2]C(COC(=O)CCC(OCC/C=C\CCC)OCC/C=C\CCC)COC(=O)OCCCN(CC)CC. The van der Waals surface area contributed by atoms with E-state index in [4.69, 9.17) is 23.7 Å². The average Bonchev–Trinajstić information content (AvgIpc) is 2.92. The second-order valence-corrected chi connectivity index (χ2v) is 9.15. The molecule has 1 radical (unpaired) electrons. The normalized spacial score (nSPS) is 12.6. The number of hydrogen-bond acceptors (Lipinski definition) is 8. The summed E-state index contributed by atoms with van der Waals surface area (Å²) in [6.45, 7) is 16.6. The highest BCUT2D eigenvalue weighted by Gasteiger charge is 2.15. The topological polar surface area (TPSA) is 83.5 Å². The maximum absolute atomic E-state index is 12.2. The van der Waals surface area contributed by atoms with Crippen LogP contribution in [0.1, 0.15) is 85.5 Å². The highest BCUT2D eigenvalue weighted by molar-refractivity contribution is 5.69. The zero-order chi connectivity index (χ0) is 28.3. The van der Waals surface area contributed by atoms with Crippen LogP contribution in [-0.2, 0) is 28.5 Å². The van der Waals surface area contributed by atoms with Crippen LogP contribution in [0.4, 0.5) is 4.79 Å². The molecular weight excluding hydrogens is 486 g/mol. The molecule has 0 fully saturated rings. The predicted octanol–water partition coefficient (Wildman–Crippen LogP) is 6.50. The highest BCUT2D eigenvalue weighted by atomic mass is 16.7. The van der Waals surface area contributed by atoms with Crippen molar-refractivity contribution in [3.05, 3.63) is 31.2 Å². The number of unbranched alkanes of at least 4 members (excludes halogenated alkanes) is 2. The summed E-state index contributed by atoms with van der Waals surface area (Å²) < 4.78 is 27.2. The molecule has 0 N–H and O–H groups in total. The van der Waals surface area contributed by atoms with Crippen molar-refractivity contribution in [1.82, 2.24) is 4.90 Å². The average molecular weight is 541 g/mol. The fourth-order valence-electron chi connectivity index (χ4n) is 3.33. The molecule has 0 aliphatic heterocycles. The summed E-state index contributed by atoms with van der Waals surface area (Å²) in [5.74, 6) is -0.740. The molecule has 0 amide bonds. The van der Waals surface area contributed by atoms with Crippen molar-refractivity contribution in [3.8, 4) is 0 Å². The van der Waals surface area contributed by atoms with Crippen molar-refractivity contribution in [1.29, 1.82) is 0 Å². The van der Waals surface area contributed by atoms with Crippen LogP contribution in [0.15, 0.2) is 24.3 Å². The van der Waals surface area contributed by atoms with Crippen LogP contribution in [0.2, 0.25) is 0 Å². The molecule has 0 rings (SSSR count). The Morgan fingerprint density at radius 2 is 1.32 bits per heavy atom. The first-order valence-corrected chi connectivity index (χ1v) is 14.5. The first-order valence-electron chi connectivity index (χ1n) is 14.5. The Labute approximate surface area is 232 Å². The van der Waals surface area contributed by atoms with E-state index in [0.29, 0.717) is 26.2 Å². The summed E-state index contributed by atoms with van der Waals surface area (Å²) in [4.78, 5) is 26.2. The van der Waals surface area contributed by atoms with Crippen LogP contribution in [-0.4, -0.2) is 76.0 Å². The van der Waals surface area contributed by atoms with E-state index in [1.165, 1.54) is 0 Å². The summed E-state index contributed by atoms with van der Waals surface area (Å²) in [7, 11) is 0. The number of allylic oxidation sites excluding steroid dienone is 2. The Morgan fingerprint density at radius 3 is 1.87 bits per heavy atom. The van der Waals surface area contributed by atoms with Gasteiger partial charge in [0.15, 0.2) is 6.29 Å². The van der Waals surface area contributed by atoms with Gasteiger partial charge in [0.2, 0.25) is 0 Å². The van der Waals surface area contributed by atoms with Crippen LogP contribution in [0.25, 0.3) is 0 Å². The van der Waals surface area contributed by atoms with E-state index in [2.05, 4.69) is 63.8 Å². The van der Waals surface area contributed by atoms with Gasteiger partial charge in [-0.25, -0.2) is 4.79 Å². The van der Waals surface area contributed by atoms with Crippen LogP contribution in [0, 0.1) is 12.8 Å². The molecule has 0 aromatic carbocycles. The van der Waals surface area contributed by atoms with Gasteiger partial charge in [0.05, 0.1) is 32.8 Å². The van der Waals surface area contributed by atoms with E-state index in [-0.39, 0.29) is 31.5 Å². The summed E-state index contributed by atoms with van der Waals surface area (Å²) in [6.07, 6.45) is 14.7. The zero-order valence-corrected chi connectivity index (χ0v) is 24.5. The first-order chi connectivity index (χ1) is 18.5. The van der Waals surface area contributed by atoms with Gasteiger partial charge in [0.1, 0.15) is 6.61 Å². The lowest BCUT2D eigenvalue weighted by Crippen LogP contribution is -2.25. The molecule has 0 aliphatic rings. The lowest BCUT2D eigenvalue weighted by molar-refractivity contribution is -0.158. The first kappa shape index (κ1) is 36.1. The molecule has 221 valence electrons. The van der Waals surface area contributed by atoms with Crippen LogP contribution < -0.4 is 0 Å². The largest absolute Gasteiger partial charge is 0.508 e. The standard InChI is InChI=1S/C30H54NO7/c1-6-10-12-14-16-22-34-29(35-23-17-15-13-11-7-2)20-19-28(32)37-25-27(5)26-38-30(33)36-24-18-21-31(8-3)9-4/h12-15,27,29H,5-11,16-26H2,1-4H3/b14-12-,15-13-. The molecule has 1 unspecified atom stereocenters. The fraction of sp³-hybridized carbons (Fsp3) is 0.767. The molecule has 1 atom stereocenters. The molecule has 0 aromatic heterocycles. The molecule has 8 heteroatoms. The van der Waals surface area contributed by atoms with Gasteiger partial charge in [0.25, 0.3) is 0 Å². The molecule has 0 aromatic rings. The maximum atomic E-state index is 12.2. The van der Waals surface area contributed by atoms with Gasteiger partial charge >= 0.3 is 12.1 Å². The fourth-order valence-corrected chi connectivity index (χ4v) is 3.33. The highest BCUT2D eigenvalue weighted by Crippen LogP contribution is 2.09. The van der Waals surface area contributed by atoms with E-state index in [1.807, 2.05) is 0 Å². The van der Waals surface area contributed by atoms with Crippen LogP contribution >= 0.6 is 0 Å². The molecule has 0 saturated heterocycles. The van der Waals surface area contributed by atoms with E-state index >= 15 is 0 Å². The number of esters is 1. The molecule has 0 aliphatic carbocycles. The lowest BCUT2D eigenvalue weighted by atomic mass is 10.2. The molecule has 0 spiro atoms. The monoisotopic (exact) mass is 540 g/mol. The van der Waals surface area contributed by atoms with Gasteiger partial charge in [-0.15, -0.1) is 0 Å². The Kier molecular flexibility index (Phi) is 25.4. The minimum Gasteiger partial charge on any atom is -0.465 e. The minimum atomic E-state index is -0.726. The number of ether oxygens (including phenoxy) is 5. The molecule has 8 nitrogen and oxygen atoms in total. The third-order valence-corrected chi connectivity index (χ3v) is 5.65. The lowest BCUT2D eigenvalue weighted by Gasteiger charge is -2.18. The van der Waals surface area contributed by atoms with Crippen molar-refractivity contribution in [2.45, 2.75) is 91.8 Å². The third-order valence-electron chi connectivity index (χ3n) is 5.65. The van der Waals surface area contributed by atoms with Crippen LogP contribution in [0.3, 0.4) is 0 Å². The van der Waals surface area contributed by atoms with Crippen molar-refractivity contribution in [2.75, 3.05) is 52.7 Å². The molecule has 0 saturated carbocycles. The number of hydrogen-bond donors (Lipinski definition) is 0. The number of carbonyl (C=O) groups excluding carboxylic acids is 2. The van der Waals surface area contributed by atoms with E-state index in [0.717, 1.165) is 64.6 Å². The summed E-state index contributed by atoms with van der Waals surface area (Å²) >= 11 is 0. The summed E-state index contributed by atoms with van der Waals surface area (Å²) in [5.41, 5.74) is 0. The second kappa shape index (κ2) is 26.7. The van der Waals surface area contributed by atoms with Crippen molar-refractivity contribution in [3.63, 3.8) is 0 Å². The minimum absolute atomic E-state index is 0.0219. The Bertz CT molecular complexity index is 598. The Balaban J connectivity index is 4.21. The number of nitrogens with zero attached hydrogens (tertiary/aromatic N) is 1. The van der Waals surface area contributed by atoms with Gasteiger partial charge in [0, 0.05) is 18.9 Å². The Morgan fingerprint density at radius 1 is 0.763 bits per heavy atom. The van der Waals surface area contributed by atoms with Gasteiger partial charge in [-0.3, -0.25) is 4.79 Å². The van der Waals surface area contributed by atoms with Gasteiger partial charge in [-0.1, -0.05) is 64.8 Å². The summed E-state index contributed by atoms with van der Waals surface area (Å²) in [6, 6.07) is 0. The van der Waals surface area contributed by atoms with E-state index in [1.54, 1.807) is 0 Å². The maximum Gasteiger partial charge on any atom is 0.508 e. The molecule has 38 heavy (non-hydrogen) atoms.